The normalized spacial score (nSPS) is 21.5. The molecule has 1 aliphatic carbocycles. The summed E-state index contributed by atoms with van der Waals surface area (Å²) in [5.74, 6) is 5.82. The highest BCUT2D eigenvalue weighted by Crippen LogP contribution is 2.23. The van der Waals surface area contributed by atoms with Crippen LogP contribution in [-0.2, 0) is 0 Å². The predicted molar refractivity (Wildman–Crippen MR) is 83.4 cm³/mol. The third-order valence-electron chi connectivity index (χ3n) is 3.61. The first-order chi connectivity index (χ1) is 10.1. The highest BCUT2D eigenvalue weighted by Gasteiger charge is 2.22. The minimum Gasteiger partial charge on any atom is -0.395 e. The predicted octanol–water partition coefficient (Wildman–Crippen LogP) is 1.82. The topological polar surface area (TPSA) is 69.6 Å². The van der Waals surface area contributed by atoms with Gasteiger partial charge in [-0.05, 0) is 44.2 Å². The molecular formula is C16H21NO3S. The number of carbonyl (C=O) groups is 1. The summed E-state index contributed by atoms with van der Waals surface area (Å²) in [6.45, 7) is 1.99. The molecule has 3 N–H and O–H groups in total. The Labute approximate surface area is 129 Å². The molecule has 0 aromatic carbocycles. The van der Waals surface area contributed by atoms with Gasteiger partial charge < -0.3 is 15.5 Å². The van der Waals surface area contributed by atoms with E-state index in [1.807, 2.05) is 13.0 Å². The van der Waals surface area contributed by atoms with Crippen molar-refractivity contribution >= 4 is 17.2 Å². The molecule has 21 heavy (non-hydrogen) atoms. The van der Waals surface area contributed by atoms with Crippen LogP contribution in [0.4, 0.5) is 0 Å². The number of amides is 1. The summed E-state index contributed by atoms with van der Waals surface area (Å²) in [6.07, 6.45) is 3.42. The zero-order chi connectivity index (χ0) is 15.2. The van der Waals surface area contributed by atoms with E-state index in [2.05, 4.69) is 17.2 Å². The molecule has 1 heterocycles. The van der Waals surface area contributed by atoms with E-state index < -0.39 is 0 Å². The molecule has 4 nitrogen and oxygen atoms in total. The molecule has 0 saturated heterocycles. The summed E-state index contributed by atoms with van der Waals surface area (Å²) >= 11 is 1.39. The van der Waals surface area contributed by atoms with Crippen molar-refractivity contribution in [3.05, 3.63) is 21.4 Å². The van der Waals surface area contributed by atoms with Crippen LogP contribution < -0.4 is 5.32 Å². The summed E-state index contributed by atoms with van der Waals surface area (Å²) in [5.41, 5.74) is 0.995. The molecule has 2 rings (SSSR count). The lowest BCUT2D eigenvalue weighted by Gasteiger charge is -2.25. The number of hydrogen-bond donors (Lipinski definition) is 3. The molecule has 1 aromatic rings. The van der Waals surface area contributed by atoms with Gasteiger partial charge in [0.05, 0.1) is 22.5 Å². The maximum Gasteiger partial charge on any atom is 0.261 e. The van der Waals surface area contributed by atoms with Crippen LogP contribution in [-0.4, -0.2) is 34.9 Å². The molecule has 0 spiro atoms. The second kappa shape index (κ2) is 7.60. The van der Waals surface area contributed by atoms with Gasteiger partial charge in [0.15, 0.2) is 0 Å². The maximum atomic E-state index is 12.2. The van der Waals surface area contributed by atoms with E-state index in [4.69, 9.17) is 5.11 Å². The van der Waals surface area contributed by atoms with Crippen molar-refractivity contribution in [2.45, 2.75) is 51.2 Å². The van der Waals surface area contributed by atoms with Crippen LogP contribution in [0.5, 0.6) is 0 Å². The highest BCUT2D eigenvalue weighted by molar-refractivity contribution is 7.14. The fourth-order valence-electron chi connectivity index (χ4n) is 2.39. The van der Waals surface area contributed by atoms with Crippen molar-refractivity contribution in [1.82, 2.24) is 5.32 Å². The van der Waals surface area contributed by atoms with Crippen LogP contribution in [0, 0.1) is 18.8 Å². The van der Waals surface area contributed by atoms with Gasteiger partial charge in [-0.25, -0.2) is 0 Å². The molecule has 1 aliphatic rings. The van der Waals surface area contributed by atoms with Crippen LogP contribution >= 0.6 is 11.3 Å². The first-order valence-electron chi connectivity index (χ1n) is 7.29. The van der Waals surface area contributed by atoms with Crippen molar-refractivity contribution in [3.8, 4) is 11.8 Å². The number of nitrogens with one attached hydrogen (secondary N) is 1. The Kier molecular flexibility index (Phi) is 5.80. The molecule has 114 valence electrons. The standard InChI is InChI=1S/C16H21NO3S/c1-11-10-15(21-14(11)4-2-3-9-18)16(20)17-12-5-7-13(19)8-6-12/h10,12-13,18-19H,3,5-9H2,1H3,(H,17,20). The Morgan fingerprint density at radius 1 is 1.43 bits per heavy atom. The molecule has 5 heteroatoms. The molecule has 0 bridgehead atoms. The van der Waals surface area contributed by atoms with Crippen LogP contribution in [0.3, 0.4) is 0 Å². The second-order valence-electron chi connectivity index (χ2n) is 5.38. The smallest absolute Gasteiger partial charge is 0.261 e. The Morgan fingerprint density at radius 2 is 2.14 bits per heavy atom. The number of hydrogen-bond acceptors (Lipinski definition) is 4. The third kappa shape index (κ3) is 4.57. The zero-order valence-corrected chi connectivity index (χ0v) is 13.0. The summed E-state index contributed by atoms with van der Waals surface area (Å²) in [7, 11) is 0. The van der Waals surface area contributed by atoms with Gasteiger partial charge in [-0.3, -0.25) is 4.79 Å². The van der Waals surface area contributed by atoms with Gasteiger partial charge in [-0.15, -0.1) is 11.3 Å². The maximum absolute atomic E-state index is 12.2. The fourth-order valence-corrected chi connectivity index (χ4v) is 3.34. The van der Waals surface area contributed by atoms with Gasteiger partial charge in [-0.2, -0.15) is 0 Å². The summed E-state index contributed by atoms with van der Waals surface area (Å²) in [6, 6.07) is 2.02. The zero-order valence-electron chi connectivity index (χ0n) is 12.2. The summed E-state index contributed by atoms with van der Waals surface area (Å²) in [5, 5.41) is 21.2. The monoisotopic (exact) mass is 307 g/mol. The van der Waals surface area contributed by atoms with Gasteiger partial charge in [0.2, 0.25) is 0 Å². The van der Waals surface area contributed by atoms with E-state index in [1.54, 1.807) is 0 Å². The first-order valence-corrected chi connectivity index (χ1v) is 8.11. The van der Waals surface area contributed by atoms with Gasteiger partial charge >= 0.3 is 0 Å². The lowest BCUT2D eigenvalue weighted by atomic mass is 9.93. The molecule has 1 saturated carbocycles. The van der Waals surface area contributed by atoms with Crippen molar-refractivity contribution in [1.29, 1.82) is 0 Å². The Balaban J connectivity index is 1.97. The lowest BCUT2D eigenvalue weighted by molar-refractivity contribution is 0.0871. The quantitative estimate of drug-likeness (QED) is 0.746. The number of carbonyl (C=O) groups excluding carboxylic acids is 1. The van der Waals surface area contributed by atoms with Crippen molar-refractivity contribution in [2.75, 3.05) is 6.61 Å². The van der Waals surface area contributed by atoms with E-state index in [1.165, 1.54) is 11.3 Å². The SMILES string of the molecule is Cc1cc(C(=O)NC2CCC(O)CC2)sc1C#CCCO. The Hall–Kier alpha value is -1.35. The molecule has 0 atom stereocenters. The number of thiophene rings is 1. The van der Waals surface area contributed by atoms with Crippen LogP contribution in [0.2, 0.25) is 0 Å². The molecule has 0 radical (unpaired) electrons. The Bertz CT molecular complexity index is 548. The number of aliphatic hydroxyl groups is 2. The average molecular weight is 307 g/mol. The van der Waals surface area contributed by atoms with Gasteiger partial charge in [0, 0.05) is 12.5 Å². The molecule has 1 aromatic heterocycles. The van der Waals surface area contributed by atoms with Gasteiger partial charge in [0.1, 0.15) is 0 Å². The average Bonchev–Trinajstić information content (AvgIpc) is 2.83. The highest BCUT2D eigenvalue weighted by atomic mass is 32.1. The van der Waals surface area contributed by atoms with Crippen molar-refractivity contribution in [3.63, 3.8) is 0 Å². The van der Waals surface area contributed by atoms with E-state index >= 15 is 0 Å². The Morgan fingerprint density at radius 3 is 2.81 bits per heavy atom. The van der Waals surface area contributed by atoms with Gasteiger partial charge in [0.25, 0.3) is 5.91 Å². The third-order valence-corrected chi connectivity index (χ3v) is 4.76. The van der Waals surface area contributed by atoms with Crippen molar-refractivity contribution in [2.24, 2.45) is 0 Å². The van der Waals surface area contributed by atoms with Crippen LogP contribution in [0.25, 0.3) is 0 Å². The van der Waals surface area contributed by atoms with E-state index in [9.17, 15) is 9.90 Å². The first kappa shape index (κ1) is 16.0. The summed E-state index contributed by atoms with van der Waals surface area (Å²) in [4.78, 5) is 13.8. The van der Waals surface area contributed by atoms with Crippen molar-refractivity contribution < 1.29 is 15.0 Å². The largest absolute Gasteiger partial charge is 0.395 e. The van der Waals surface area contributed by atoms with Crippen LogP contribution in [0.1, 0.15) is 52.2 Å². The number of aryl methyl sites for hydroxylation is 1. The molecule has 1 fully saturated rings. The van der Waals surface area contributed by atoms with E-state index in [-0.39, 0.29) is 24.7 Å². The number of rotatable bonds is 3. The molecular weight excluding hydrogens is 286 g/mol. The summed E-state index contributed by atoms with van der Waals surface area (Å²) < 4.78 is 0. The van der Waals surface area contributed by atoms with E-state index in [0.717, 1.165) is 36.1 Å². The van der Waals surface area contributed by atoms with Gasteiger partial charge in [-0.1, -0.05) is 11.8 Å². The second-order valence-corrected chi connectivity index (χ2v) is 6.43. The minimum atomic E-state index is -0.212. The van der Waals surface area contributed by atoms with Crippen LogP contribution in [0.15, 0.2) is 6.07 Å². The lowest BCUT2D eigenvalue weighted by Crippen LogP contribution is -2.38. The molecule has 1 amide bonds. The fraction of sp³-hybridized carbons (Fsp3) is 0.562. The van der Waals surface area contributed by atoms with E-state index in [0.29, 0.717) is 11.3 Å². The number of aliphatic hydroxyl groups excluding tert-OH is 2. The molecule has 0 aliphatic heterocycles. The molecule has 0 unspecified atom stereocenters. The minimum absolute atomic E-state index is 0.0539.